The molecule has 12 aromatic rings. The Morgan fingerprint density at radius 2 is 1.01 bits per heavy atom. The Kier molecular flexibility index (Phi) is 12.4. The van der Waals surface area contributed by atoms with E-state index in [0.29, 0.717) is 17.3 Å². The molecule has 0 bridgehead atoms. The van der Waals surface area contributed by atoms with Crippen LogP contribution in [0.15, 0.2) is 194 Å². The number of hydrogen-bond donors (Lipinski definition) is 0. The zero-order valence-corrected chi connectivity index (χ0v) is 47.8. The van der Waals surface area contributed by atoms with Crippen molar-refractivity contribution >= 4 is 76.7 Å². The molecular weight excluding hydrogens is 1130 g/mol. The number of nitrogens with zero attached hydrogens (tertiary/aromatic N) is 5. The molecule has 1 aliphatic rings. The molecule has 0 spiro atoms. The Hall–Kier alpha value is -8.18. The van der Waals surface area contributed by atoms with Crippen molar-refractivity contribution in [1.82, 2.24) is 19.1 Å². The first-order valence-electron chi connectivity index (χ1n) is 26.7. The van der Waals surface area contributed by atoms with E-state index in [1.165, 1.54) is 38.6 Å². The molecule has 0 atom stereocenters. The van der Waals surface area contributed by atoms with E-state index in [4.69, 9.17) is 14.7 Å². The third kappa shape index (κ3) is 8.77. The van der Waals surface area contributed by atoms with Crippen LogP contribution in [0, 0.1) is 18.8 Å². The quantitative estimate of drug-likeness (QED) is 0.156. The van der Waals surface area contributed by atoms with Crippen LogP contribution in [0.2, 0.25) is 0 Å². The Morgan fingerprint density at radius 1 is 0.436 bits per heavy atom. The molecule has 0 saturated heterocycles. The van der Waals surface area contributed by atoms with E-state index < -0.39 is 0 Å². The summed E-state index contributed by atoms with van der Waals surface area (Å²) in [6.45, 7) is 22.6. The molecule has 1 aliphatic heterocycles. The number of anilines is 2. The second-order valence-corrected chi connectivity index (χ2v) is 23.6. The number of hydrogen-bond acceptors (Lipinski definition) is 4. The summed E-state index contributed by atoms with van der Waals surface area (Å²) in [5.41, 5.74) is 13.4. The van der Waals surface area contributed by atoms with Gasteiger partial charge in [-0.15, -0.1) is 17.5 Å². The molecule has 7 heteroatoms. The van der Waals surface area contributed by atoms with Gasteiger partial charge in [0.2, 0.25) is 0 Å². The number of para-hydroxylation sites is 3. The average molecular weight is 1190 g/mol. The van der Waals surface area contributed by atoms with E-state index in [1.807, 2.05) is 18.3 Å². The molecule has 388 valence electrons. The molecule has 8 aromatic carbocycles. The number of ether oxygens (including phenoxy) is 1. The van der Waals surface area contributed by atoms with Crippen LogP contribution in [-0.2, 0) is 37.3 Å². The topological polar surface area (TPSA) is 48.1 Å². The van der Waals surface area contributed by atoms with Gasteiger partial charge < -0.3 is 18.8 Å². The van der Waals surface area contributed by atoms with Crippen molar-refractivity contribution in [2.45, 2.75) is 78.6 Å². The van der Waals surface area contributed by atoms with Crippen LogP contribution in [0.3, 0.4) is 0 Å². The maximum atomic E-state index is 6.77. The van der Waals surface area contributed by atoms with Gasteiger partial charge in [-0.1, -0.05) is 207 Å². The summed E-state index contributed by atoms with van der Waals surface area (Å²) in [6, 6.07) is 73.4. The van der Waals surface area contributed by atoms with Gasteiger partial charge in [0, 0.05) is 50.0 Å². The first kappa shape index (κ1) is 50.6. The third-order valence-corrected chi connectivity index (χ3v) is 15.4. The minimum absolute atomic E-state index is 0. The van der Waals surface area contributed by atoms with Crippen LogP contribution in [0.5, 0.6) is 11.5 Å². The molecule has 0 radical (unpaired) electrons. The smallest absolute Gasteiger partial charge is 0.135 e. The van der Waals surface area contributed by atoms with Crippen molar-refractivity contribution in [3.63, 3.8) is 0 Å². The second kappa shape index (κ2) is 19.1. The number of pyridine rings is 2. The van der Waals surface area contributed by atoms with Gasteiger partial charge in [0.05, 0.1) is 0 Å². The molecule has 5 heterocycles. The van der Waals surface area contributed by atoms with Crippen LogP contribution in [0.4, 0.5) is 11.5 Å². The number of fused-ring (bicyclic) bond motifs is 10. The first-order valence-corrected chi connectivity index (χ1v) is 26.7. The maximum Gasteiger partial charge on any atom is 0.135 e. The Balaban J connectivity index is 0.00000609. The predicted octanol–water partition coefficient (Wildman–Crippen LogP) is 18.8. The fourth-order valence-electron chi connectivity index (χ4n) is 11.3. The van der Waals surface area contributed by atoms with E-state index >= 15 is 0 Å². The Bertz CT molecular complexity index is 4410. The summed E-state index contributed by atoms with van der Waals surface area (Å²) in [7, 11) is 0. The molecule has 4 aromatic heterocycles. The fourth-order valence-corrected chi connectivity index (χ4v) is 11.3. The summed E-state index contributed by atoms with van der Waals surface area (Å²) in [4.78, 5) is 12.1. The molecule has 13 rings (SSSR count). The standard InChI is InChI=1S/C71H60N5O.Pt/c1-69(2,3)48-30-28-45(29-31-48)46-38-47(40-50(39-46)71(7,8)9)53-23-16-24-60-56-20-12-10-18-54(56)55-19-11-13-21-57(55)61-25-17-27-63-68(61)75(67(53)60)44-74(63)65-43-52(35-37-72-65)77-51-32-33-59-58-22-14-15-26-62(58)76(64(59)42-51)66-41-49(34-36-73-66)70(4,5)6;/h10-41,44H,1-9H3;/q-3;. The summed E-state index contributed by atoms with van der Waals surface area (Å²) >= 11 is 0. The number of rotatable bonds is 6. The Morgan fingerprint density at radius 3 is 1.69 bits per heavy atom. The van der Waals surface area contributed by atoms with Gasteiger partial charge in [0.15, 0.2) is 0 Å². The van der Waals surface area contributed by atoms with E-state index in [1.54, 1.807) is 6.20 Å². The van der Waals surface area contributed by atoms with Crippen molar-refractivity contribution in [2.75, 3.05) is 4.90 Å². The van der Waals surface area contributed by atoms with Crippen LogP contribution in [0.1, 0.15) is 79.0 Å². The molecule has 0 unspecified atom stereocenters. The van der Waals surface area contributed by atoms with E-state index in [2.05, 4.69) is 265 Å². The van der Waals surface area contributed by atoms with E-state index in [-0.39, 0.29) is 37.3 Å². The zero-order valence-electron chi connectivity index (χ0n) is 45.5. The zero-order chi connectivity index (χ0) is 53.0. The largest absolute Gasteiger partial charge is 0.521 e. The van der Waals surface area contributed by atoms with Crippen molar-refractivity contribution in [3.8, 4) is 39.6 Å². The monoisotopic (exact) mass is 1190 g/mol. The van der Waals surface area contributed by atoms with Gasteiger partial charge in [-0.05, 0) is 147 Å². The minimum atomic E-state index is -0.118. The van der Waals surface area contributed by atoms with Gasteiger partial charge >= 0.3 is 0 Å². The van der Waals surface area contributed by atoms with Gasteiger partial charge in [-0.2, -0.15) is 18.2 Å². The predicted molar refractivity (Wildman–Crippen MR) is 321 cm³/mol. The third-order valence-electron chi connectivity index (χ3n) is 15.4. The van der Waals surface area contributed by atoms with Crippen LogP contribution in [0.25, 0.3) is 93.2 Å². The summed E-state index contributed by atoms with van der Waals surface area (Å²) in [5, 5.41) is 9.12. The van der Waals surface area contributed by atoms with Crippen LogP contribution >= 0.6 is 0 Å². The molecule has 0 saturated carbocycles. The van der Waals surface area contributed by atoms with Crippen LogP contribution < -0.4 is 9.64 Å². The molecule has 0 aliphatic carbocycles. The number of benzene rings is 8. The first-order chi connectivity index (χ1) is 37.1. The summed E-state index contributed by atoms with van der Waals surface area (Å²) in [6.07, 6.45) is 3.71. The molecule has 0 amide bonds. The van der Waals surface area contributed by atoms with Gasteiger partial charge in [-0.25, -0.2) is 4.98 Å². The molecule has 0 fully saturated rings. The molecule has 6 nitrogen and oxygen atoms in total. The molecular formula is C71H60N5OPt-3. The average Bonchev–Trinajstić information content (AvgIpc) is 4.22. The van der Waals surface area contributed by atoms with Gasteiger partial charge in [0.25, 0.3) is 0 Å². The normalized spacial score (nSPS) is 12.7. The fraction of sp³-hybridized carbons (Fsp3) is 0.169. The van der Waals surface area contributed by atoms with Crippen molar-refractivity contribution < 1.29 is 25.8 Å². The number of aromatic nitrogens is 4. The van der Waals surface area contributed by atoms with Crippen molar-refractivity contribution in [3.05, 3.63) is 230 Å². The second-order valence-electron chi connectivity index (χ2n) is 23.6. The molecule has 78 heavy (non-hydrogen) atoms. The van der Waals surface area contributed by atoms with Crippen LogP contribution in [-0.4, -0.2) is 19.1 Å². The Labute approximate surface area is 471 Å². The SMILES string of the molecule is CC(C)(C)c1ccc(-c2cc(-c3cccc4c5ccccc5c5ccccc5c5cccc6c5n(c34)[CH-]N6c3[c-]c(Oc4[c-]c5c(cc4)c4ccccc4n5-c4cc(C(C)(C)C)ccn4)ccn3)cc(C(C)(C)C)c2)cc1.[Pt]. The summed E-state index contributed by atoms with van der Waals surface area (Å²) < 4.78 is 11.4. The van der Waals surface area contributed by atoms with E-state index in [0.717, 1.165) is 77.0 Å². The molecule has 0 N–H and O–H groups in total. The van der Waals surface area contributed by atoms with Gasteiger partial charge in [0.1, 0.15) is 5.82 Å². The van der Waals surface area contributed by atoms with E-state index in [9.17, 15) is 0 Å². The minimum Gasteiger partial charge on any atom is -0.521 e. The van der Waals surface area contributed by atoms with Crippen molar-refractivity contribution in [1.29, 1.82) is 0 Å². The maximum absolute atomic E-state index is 6.77. The van der Waals surface area contributed by atoms with Crippen molar-refractivity contribution in [2.24, 2.45) is 0 Å². The van der Waals surface area contributed by atoms with Gasteiger partial charge in [-0.3, -0.25) is 4.98 Å². The summed E-state index contributed by atoms with van der Waals surface area (Å²) in [5.74, 6) is 2.52.